The summed E-state index contributed by atoms with van der Waals surface area (Å²) in [4.78, 5) is 4.07. The van der Waals surface area contributed by atoms with Gasteiger partial charge in [-0.15, -0.1) is 0 Å². The van der Waals surface area contributed by atoms with Crippen LogP contribution in [0.1, 0.15) is 18.4 Å². The molecule has 2 aromatic rings. The van der Waals surface area contributed by atoms with Crippen molar-refractivity contribution in [2.75, 3.05) is 0 Å². The van der Waals surface area contributed by atoms with Crippen molar-refractivity contribution >= 4 is 5.52 Å². The second kappa shape index (κ2) is 2.12. The Kier molecular flexibility index (Phi) is 1.15. The van der Waals surface area contributed by atoms with Crippen LogP contribution in [-0.4, -0.2) is 9.38 Å². The van der Waals surface area contributed by atoms with Gasteiger partial charge in [0.2, 0.25) is 0 Å². The topological polar surface area (TPSA) is 43.3 Å². The minimum absolute atomic E-state index is 0.0357. The van der Waals surface area contributed by atoms with Gasteiger partial charge in [0.05, 0.1) is 18.0 Å². The largest absolute Gasteiger partial charge is 0.321 e. The van der Waals surface area contributed by atoms with Crippen LogP contribution in [0, 0.1) is 0 Å². The molecule has 66 valence electrons. The summed E-state index contributed by atoms with van der Waals surface area (Å²) >= 11 is 0. The minimum atomic E-state index is -0.0357. The maximum atomic E-state index is 6.10. The fourth-order valence-corrected chi connectivity index (χ4v) is 1.65. The molecule has 3 rings (SSSR count). The van der Waals surface area contributed by atoms with Crippen LogP contribution in [0.2, 0.25) is 0 Å². The lowest BCUT2D eigenvalue weighted by Crippen LogP contribution is -2.18. The summed E-state index contributed by atoms with van der Waals surface area (Å²) in [5.74, 6) is 0. The molecule has 0 atom stereocenters. The van der Waals surface area contributed by atoms with E-state index in [9.17, 15) is 0 Å². The highest BCUT2D eigenvalue weighted by molar-refractivity contribution is 5.49. The number of fused-ring (bicyclic) bond motifs is 1. The molecule has 2 aromatic heterocycles. The SMILES string of the molecule is NC1(c2ccn3cncc3c2)CC1. The Morgan fingerprint density at radius 1 is 1.46 bits per heavy atom. The molecular formula is C10H11N3. The summed E-state index contributed by atoms with van der Waals surface area (Å²) in [5, 5.41) is 0. The number of nitrogens with two attached hydrogens (primary N) is 1. The lowest BCUT2D eigenvalue weighted by Gasteiger charge is -2.08. The Morgan fingerprint density at radius 3 is 3.08 bits per heavy atom. The summed E-state index contributed by atoms with van der Waals surface area (Å²) in [6.07, 6.45) is 7.89. The third-order valence-electron chi connectivity index (χ3n) is 2.78. The molecule has 13 heavy (non-hydrogen) atoms. The molecule has 2 N–H and O–H groups in total. The third-order valence-corrected chi connectivity index (χ3v) is 2.78. The highest BCUT2D eigenvalue weighted by Crippen LogP contribution is 2.42. The normalized spacial score (nSPS) is 19.2. The van der Waals surface area contributed by atoms with Crippen molar-refractivity contribution in [2.24, 2.45) is 5.73 Å². The van der Waals surface area contributed by atoms with Crippen molar-refractivity contribution in [3.05, 3.63) is 36.4 Å². The molecule has 0 spiro atoms. The second-order valence-corrected chi connectivity index (χ2v) is 3.80. The van der Waals surface area contributed by atoms with Crippen molar-refractivity contribution in [2.45, 2.75) is 18.4 Å². The molecular weight excluding hydrogens is 162 g/mol. The molecule has 3 heteroatoms. The van der Waals surface area contributed by atoms with E-state index in [-0.39, 0.29) is 5.54 Å². The Hall–Kier alpha value is -1.35. The van der Waals surface area contributed by atoms with Gasteiger partial charge >= 0.3 is 0 Å². The van der Waals surface area contributed by atoms with Crippen LogP contribution in [0.3, 0.4) is 0 Å². The molecule has 0 saturated heterocycles. The first-order chi connectivity index (χ1) is 6.28. The summed E-state index contributed by atoms with van der Waals surface area (Å²) in [6, 6.07) is 4.21. The van der Waals surface area contributed by atoms with Crippen LogP contribution in [0.25, 0.3) is 5.52 Å². The summed E-state index contributed by atoms with van der Waals surface area (Å²) in [6.45, 7) is 0. The van der Waals surface area contributed by atoms with Crippen LogP contribution < -0.4 is 5.73 Å². The van der Waals surface area contributed by atoms with E-state index in [2.05, 4.69) is 17.1 Å². The lowest BCUT2D eigenvalue weighted by atomic mass is 10.1. The number of pyridine rings is 1. The first-order valence-corrected chi connectivity index (χ1v) is 4.49. The zero-order valence-electron chi connectivity index (χ0n) is 7.27. The molecule has 0 radical (unpaired) electrons. The van der Waals surface area contributed by atoms with E-state index < -0.39 is 0 Å². The van der Waals surface area contributed by atoms with Gasteiger partial charge < -0.3 is 10.1 Å². The van der Waals surface area contributed by atoms with Gasteiger partial charge in [0.25, 0.3) is 0 Å². The number of imidazole rings is 1. The van der Waals surface area contributed by atoms with Crippen LogP contribution in [0.4, 0.5) is 0 Å². The van der Waals surface area contributed by atoms with Gasteiger partial charge in [-0.3, -0.25) is 0 Å². The van der Waals surface area contributed by atoms with E-state index >= 15 is 0 Å². The minimum Gasteiger partial charge on any atom is -0.321 e. The molecule has 3 nitrogen and oxygen atoms in total. The van der Waals surface area contributed by atoms with Gasteiger partial charge in [-0.1, -0.05) is 0 Å². The number of nitrogens with zero attached hydrogens (tertiary/aromatic N) is 2. The fraction of sp³-hybridized carbons (Fsp3) is 0.300. The molecule has 0 amide bonds. The smallest absolute Gasteiger partial charge is 0.0991 e. The zero-order valence-corrected chi connectivity index (χ0v) is 7.27. The average molecular weight is 173 g/mol. The van der Waals surface area contributed by atoms with Crippen LogP contribution in [0.5, 0.6) is 0 Å². The molecule has 1 aliphatic carbocycles. The van der Waals surface area contributed by atoms with Gasteiger partial charge in [-0.05, 0) is 30.5 Å². The highest BCUT2D eigenvalue weighted by atomic mass is 15.0. The number of rotatable bonds is 1. The molecule has 0 bridgehead atoms. The first kappa shape index (κ1) is 7.09. The Labute approximate surface area is 76.2 Å². The van der Waals surface area contributed by atoms with Crippen molar-refractivity contribution < 1.29 is 0 Å². The van der Waals surface area contributed by atoms with Gasteiger partial charge in [-0.2, -0.15) is 0 Å². The van der Waals surface area contributed by atoms with E-state index in [0.717, 1.165) is 18.4 Å². The van der Waals surface area contributed by atoms with Crippen molar-refractivity contribution in [3.8, 4) is 0 Å². The predicted molar refractivity (Wildman–Crippen MR) is 50.3 cm³/mol. The van der Waals surface area contributed by atoms with E-state index in [1.54, 1.807) is 6.33 Å². The molecule has 1 saturated carbocycles. The monoisotopic (exact) mass is 173 g/mol. The number of hydrogen-bond acceptors (Lipinski definition) is 2. The van der Waals surface area contributed by atoms with E-state index in [1.807, 2.05) is 16.8 Å². The Balaban J connectivity index is 2.20. The van der Waals surface area contributed by atoms with E-state index in [1.165, 1.54) is 5.56 Å². The average Bonchev–Trinajstić information content (AvgIpc) is 2.74. The van der Waals surface area contributed by atoms with Gasteiger partial charge in [0, 0.05) is 11.7 Å². The maximum Gasteiger partial charge on any atom is 0.0991 e. The third kappa shape index (κ3) is 0.971. The van der Waals surface area contributed by atoms with E-state index in [4.69, 9.17) is 5.73 Å². The van der Waals surface area contributed by atoms with Crippen LogP contribution in [0.15, 0.2) is 30.9 Å². The fourth-order valence-electron chi connectivity index (χ4n) is 1.65. The second-order valence-electron chi connectivity index (χ2n) is 3.80. The zero-order chi connectivity index (χ0) is 8.89. The molecule has 0 aromatic carbocycles. The first-order valence-electron chi connectivity index (χ1n) is 4.49. The summed E-state index contributed by atoms with van der Waals surface area (Å²) in [5.41, 5.74) is 8.42. The maximum absolute atomic E-state index is 6.10. The van der Waals surface area contributed by atoms with Gasteiger partial charge in [-0.25, -0.2) is 4.98 Å². The van der Waals surface area contributed by atoms with Gasteiger partial charge in [0.1, 0.15) is 0 Å². The summed E-state index contributed by atoms with van der Waals surface area (Å²) < 4.78 is 2.00. The van der Waals surface area contributed by atoms with Crippen molar-refractivity contribution in [3.63, 3.8) is 0 Å². The predicted octanol–water partition coefficient (Wildman–Crippen LogP) is 1.28. The molecule has 2 heterocycles. The van der Waals surface area contributed by atoms with Crippen molar-refractivity contribution in [1.29, 1.82) is 0 Å². The standard InChI is InChI=1S/C10H11N3/c11-10(2-3-10)8-1-4-13-7-12-6-9(13)5-8/h1,4-7H,2-3,11H2. The van der Waals surface area contributed by atoms with Crippen molar-refractivity contribution in [1.82, 2.24) is 9.38 Å². The van der Waals surface area contributed by atoms with Gasteiger partial charge in [0.15, 0.2) is 0 Å². The quantitative estimate of drug-likeness (QED) is 0.706. The molecule has 0 aliphatic heterocycles. The summed E-state index contributed by atoms with van der Waals surface area (Å²) in [7, 11) is 0. The molecule has 0 unspecified atom stereocenters. The Bertz CT molecular complexity index is 454. The van der Waals surface area contributed by atoms with Crippen LogP contribution >= 0.6 is 0 Å². The van der Waals surface area contributed by atoms with Crippen LogP contribution in [-0.2, 0) is 5.54 Å². The lowest BCUT2D eigenvalue weighted by molar-refractivity contribution is 0.739. The number of hydrogen-bond donors (Lipinski definition) is 1. The number of aromatic nitrogens is 2. The molecule has 1 aliphatic rings. The molecule has 1 fully saturated rings. The highest BCUT2D eigenvalue weighted by Gasteiger charge is 2.39. The Morgan fingerprint density at radius 2 is 2.31 bits per heavy atom. The van der Waals surface area contributed by atoms with E-state index in [0.29, 0.717) is 0 Å².